The molecule has 0 aliphatic carbocycles. The summed E-state index contributed by atoms with van der Waals surface area (Å²) >= 11 is 0. The van der Waals surface area contributed by atoms with Crippen LogP contribution in [0.25, 0.3) is 10.8 Å². The van der Waals surface area contributed by atoms with Crippen LogP contribution in [-0.2, 0) is 17.8 Å². The number of aliphatic hydroxyl groups excluding tert-OH is 1. The van der Waals surface area contributed by atoms with Crippen molar-refractivity contribution in [3.8, 4) is 17.2 Å². The van der Waals surface area contributed by atoms with Gasteiger partial charge in [0.15, 0.2) is 0 Å². The van der Waals surface area contributed by atoms with Crippen molar-refractivity contribution in [3.63, 3.8) is 0 Å². The predicted molar refractivity (Wildman–Crippen MR) is 198 cm³/mol. The summed E-state index contributed by atoms with van der Waals surface area (Å²) in [6, 6.07) is 36.1. The number of hydrogen-bond acceptors (Lipinski definition) is 6. The number of aliphatic hydroxyl groups is 1. The van der Waals surface area contributed by atoms with Gasteiger partial charge in [-0.05, 0) is 73.5 Å². The number of benzene rings is 5. The van der Waals surface area contributed by atoms with Gasteiger partial charge in [0.2, 0.25) is 5.91 Å². The van der Waals surface area contributed by atoms with E-state index in [-0.39, 0.29) is 43.0 Å². The molecule has 9 heteroatoms. The number of rotatable bonds is 10. The number of ether oxygens (including phenoxy) is 2. The molecule has 6 rings (SSSR count). The summed E-state index contributed by atoms with van der Waals surface area (Å²) in [7, 11) is 2.05. The van der Waals surface area contributed by atoms with Crippen molar-refractivity contribution in [2.75, 3.05) is 37.4 Å². The van der Waals surface area contributed by atoms with E-state index >= 15 is 0 Å². The van der Waals surface area contributed by atoms with Gasteiger partial charge in [-0.25, -0.2) is 4.79 Å². The number of nitrogens with zero attached hydrogens (tertiary/aromatic N) is 2. The van der Waals surface area contributed by atoms with Gasteiger partial charge < -0.3 is 30.1 Å². The van der Waals surface area contributed by atoms with Gasteiger partial charge in [0, 0.05) is 42.2 Å². The normalized spacial score (nSPS) is 16.8. The monoisotopic (exact) mass is 672 g/mol. The van der Waals surface area contributed by atoms with Gasteiger partial charge in [0.05, 0.1) is 24.8 Å². The van der Waals surface area contributed by atoms with Gasteiger partial charge in [-0.2, -0.15) is 0 Å². The van der Waals surface area contributed by atoms with Crippen LogP contribution in [0, 0.1) is 5.92 Å². The highest BCUT2D eigenvalue weighted by Gasteiger charge is 2.31. The van der Waals surface area contributed by atoms with Crippen molar-refractivity contribution in [3.05, 3.63) is 126 Å². The Morgan fingerprint density at radius 1 is 0.940 bits per heavy atom. The third-order valence-corrected chi connectivity index (χ3v) is 9.06. The fraction of sp³-hybridized carbons (Fsp3) is 0.268. The van der Waals surface area contributed by atoms with E-state index in [2.05, 4.69) is 41.6 Å². The Hall–Kier alpha value is -5.38. The molecule has 1 heterocycles. The van der Waals surface area contributed by atoms with Crippen LogP contribution < -0.4 is 20.1 Å². The number of hydrogen-bond donors (Lipinski definition) is 3. The standard InChI is InChI=1S/C41H44N4O5/c1-28-24-45(29(2)27-46)40(47)23-32-22-33(42-41(48)43-37-15-9-11-31-10-7-8-14-36(31)37)18-21-38(32)50-39(28)26-44(3)25-30-16-19-35(20-17-30)49-34-12-5-4-6-13-34/h4-22,28-29,39,46H,23-27H2,1-3H3,(H2,42,43,48)/t28-,29-,39+/m0/s1. The molecule has 3 atom stereocenters. The van der Waals surface area contributed by atoms with E-state index in [1.165, 1.54) is 0 Å². The minimum Gasteiger partial charge on any atom is -0.488 e. The van der Waals surface area contributed by atoms with E-state index in [0.717, 1.165) is 27.8 Å². The largest absolute Gasteiger partial charge is 0.488 e. The van der Waals surface area contributed by atoms with Crippen LogP contribution in [-0.4, -0.2) is 65.7 Å². The molecule has 0 radical (unpaired) electrons. The first-order chi connectivity index (χ1) is 24.2. The molecule has 50 heavy (non-hydrogen) atoms. The highest BCUT2D eigenvalue weighted by Crippen LogP contribution is 2.30. The molecule has 0 bridgehead atoms. The quantitative estimate of drug-likeness (QED) is 0.142. The summed E-state index contributed by atoms with van der Waals surface area (Å²) in [4.78, 5) is 30.7. The molecule has 3 N–H and O–H groups in total. The van der Waals surface area contributed by atoms with Crippen molar-refractivity contribution in [1.29, 1.82) is 0 Å². The first-order valence-electron chi connectivity index (χ1n) is 17.0. The molecule has 5 aromatic carbocycles. The molecular formula is C41H44N4O5. The maximum Gasteiger partial charge on any atom is 0.323 e. The highest BCUT2D eigenvalue weighted by atomic mass is 16.5. The minimum atomic E-state index is -0.389. The first-order valence-corrected chi connectivity index (χ1v) is 17.0. The molecule has 0 fully saturated rings. The van der Waals surface area contributed by atoms with Gasteiger partial charge in [-0.15, -0.1) is 0 Å². The molecule has 0 aromatic heterocycles. The molecule has 1 aliphatic heterocycles. The SMILES string of the molecule is C[C@H]1CN([C@@H](C)CO)C(=O)Cc2cc(NC(=O)Nc3cccc4ccccc34)ccc2O[C@@H]1CN(C)Cc1ccc(Oc2ccccc2)cc1. The summed E-state index contributed by atoms with van der Waals surface area (Å²) < 4.78 is 12.7. The molecule has 0 saturated carbocycles. The number of nitrogens with one attached hydrogen (secondary N) is 2. The van der Waals surface area contributed by atoms with Crippen molar-refractivity contribution in [2.45, 2.75) is 39.0 Å². The smallest absolute Gasteiger partial charge is 0.323 e. The Labute approximate surface area is 293 Å². The lowest BCUT2D eigenvalue weighted by Gasteiger charge is -2.34. The van der Waals surface area contributed by atoms with Crippen LogP contribution in [0.4, 0.5) is 16.2 Å². The molecule has 0 spiro atoms. The van der Waals surface area contributed by atoms with E-state index in [9.17, 15) is 14.7 Å². The van der Waals surface area contributed by atoms with Gasteiger partial charge in [-0.1, -0.05) is 73.7 Å². The predicted octanol–water partition coefficient (Wildman–Crippen LogP) is 7.56. The van der Waals surface area contributed by atoms with Crippen LogP contribution in [0.1, 0.15) is 25.0 Å². The number of carbonyl (C=O) groups excluding carboxylic acids is 2. The van der Waals surface area contributed by atoms with Gasteiger partial charge >= 0.3 is 6.03 Å². The zero-order valence-electron chi connectivity index (χ0n) is 28.7. The number of amides is 3. The molecule has 0 unspecified atom stereocenters. The molecule has 1 aliphatic rings. The Balaban J connectivity index is 1.17. The summed E-state index contributed by atoms with van der Waals surface area (Å²) in [5.41, 5.74) is 3.05. The third kappa shape index (κ3) is 8.61. The molecule has 3 amide bonds. The second-order valence-corrected chi connectivity index (χ2v) is 13.1. The topological polar surface area (TPSA) is 103 Å². The lowest BCUT2D eigenvalue weighted by Crippen LogP contribution is -2.47. The lowest BCUT2D eigenvalue weighted by molar-refractivity contribution is -0.134. The van der Waals surface area contributed by atoms with Crippen LogP contribution in [0.5, 0.6) is 17.2 Å². The summed E-state index contributed by atoms with van der Waals surface area (Å²) in [6.45, 7) is 5.53. The number of likely N-dealkylation sites (N-methyl/N-ethyl adjacent to an activating group) is 1. The number of fused-ring (bicyclic) bond motifs is 2. The molecule has 258 valence electrons. The Morgan fingerprint density at radius 3 is 2.44 bits per heavy atom. The van der Waals surface area contributed by atoms with Gasteiger partial charge in [-0.3, -0.25) is 9.69 Å². The van der Waals surface area contributed by atoms with E-state index in [0.29, 0.717) is 42.3 Å². The van der Waals surface area contributed by atoms with Crippen molar-refractivity contribution >= 4 is 34.1 Å². The molecule has 5 aromatic rings. The van der Waals surface area contributed by atoms with Crippen LogP contribution in [0.2, 0.25) is 0 Å². The number of carbonyl (C=O) groups is 2. The van der Waals surface area contributed by atoms with Crippen LogP contribution >= 0.6 is 0 Å². The zero-order valence-corrected chi connectivity index (χ0v) is 28.7. The Morgan fingerprint density at radius 2 is 1.66 bits per heavy atom. The van der Waals surface area contributed by atoms with E-state index in [4.69, 9.17) is 9.47 Å². The van der Waals surface area contributed by atoms with Crippen LogP contribution in [0.15, 0.2) is 115 Å². The minimum absolute atomic E-state index is 0.0349. The van der Waals surface area contributed by atoms with E-state index in [1.807, 2.05) is 97.9 Å². The second-order valence-electron chi connectivity index (χ2n) is 13.1. The van der Waals surface area contributed by atoms with Gasteiger partial charge in [0.25, 0.3) is 0 Å². The van der Waals surface area contributed by atoms with E-state index in [1.54, 1.807) is 17.0 Å². The summed E-state index contributed by atoms with van der Waals surface area (Å²) in [6.07, 6.45) is -0.181. The average Bonchev–Trinajstić information content (AvgIpc) is 3.16. The average molecular weight is 673 g/mol. The maximum absolute atomic E-state index is 13.7. The van der Waals surface area contributed by atoms with Crippen molar-refractivity contribution < 1.29 is 24.2 Å². The lowest BCUT2D eigenvalue weighted by atomic mass is 10.0. The Bertz CT molecular complexity index is 1910. The first kappa shape index (κ1) is 34.5. The summed E-state index contributed by atoms with van der Waals surface area (Å²) in [5.74, 6) is 2.03. The molecule has 9 nitrogen and oxygen atoms in total. The van der Waals surface area contributed by atoms with E-state index < -0.39 is 0 Å². The number of urea groups is 1. The number of anilines is 2. The zero-order chi connectivity index (χ0) is 35.0. The van der Waals surface area contributed by atoms with Crippen molar-refractivity contribution in [1.82, 2.24) is 9.80 Å². The highest BCUT2D eigenvalue weighted by molar-refractivity contribution is 6.06. The third-order valence-electron chi connectivity index (χ3n) is 9.06. The van der Waals surface area contributed by atoms with Crippen LogP contribution in [0.3, 0.4) is 0 Å². The second kappa shape index (κ2) is 15.9. The van der Waals surface area contributed by atoms with Gasteiger partial charge in [0.1, 0.15) is 23.4 Å². The fourth-order valence-corrected chi connectivity index (χ4v) is 6.32. The number of para-hydroxylation sites is 1. The Kier molecular flexibility index (Phi) is 11.0. The maximum atomic E-state index is 13.7. The summed E-state index contributed by atoms with van der Waals surface area (Å²) in [5, 5.41) is 17.9. The fourth-order valence-electron chi connectivity index (χ4n) is 6.32. The molecule has 0 saturated heterocycles. The molecular weight excluding hydrogens is 628 g/mol. The van der Waals surface area contributed by atoms with Crippen molar-refractivity contribution in [2.24, 2.45) is 5.92 Å².